The summed E-state index contributed by atoms with van der Waals surface area (Å²) in [5.74, 6) is 1.19. The Kier molecular flexibility index (Phi) is 5.40. The highest BCUT2D eigenvalue weighted by Crippen LogP contribution is 2.64. The summed E-state index contributed by atoms with van der Waals surface area (Å²) in [7, 11) is 3.82. The molecule has 0 aromatic carbocycles. The first-order valence-electron chi connectivity index (χ1n) is 12.2. The number of aromatic nitrogens is 1. The van der Waals surface area contributed by atoms with Crippen LogP contribution in [0.2, 0.25) is 0 Å². The standard InChI is InChI=1S/C28H36N2O2/c1-27-13-11-21(32-26(31)18-30(3)4)16-20(27)7-8-22-24-10-9-23(19-6-5-15-29-17-19)28(24,2)14-12-25(22)27/h5-7,9-10,15,17,21-22,25H,8,11-14,16,18H2,1-4H3. The summed E-state index contributed by atoms with van der Waals surface area (Å²) >= 11 is 0. The van der Waals surface area contributed by atoms with Crippen LogP contribution >= 0.6 is 0 Å². The minimum absolute atomic E-state index is 0.0386. The van der Waals surface area contributed by atoms with Gasteiger partial charge in [-0.05, 0) is 80.7 Å². The number of carbonyl (C=O) groups is 1. The number of pyridine rings is 1. The second-order valence-corrected chi connectivity index (χ2v) is 11.0. The van der Waals surface area contributed by atoms with Crippen LogP contribution in [0.1, 0.15) is 57.9 Å². The third-order valence-corrected chi connectivity index (χ3v) is 8.82. The lowest BCUT2D eigenvalue weighted by Crippen LogP contribution is -2.47. The van der Waals surface area contributed by atoms with Crippen molar-refractivity contribution >= 4 is 11.5 Å². The van der Waals surface area contributed by atoms with E-state index in [1.54, 1.807) is 5.57 Å². The molecule has 4 nitrogen and oxygen atoms in total. The van der Waals surface area contributed by atoms with Gasteiger partial charge in [-0.1, -0.05) is 49.3 Å². The van der Waals surface area contributed by atoms with Gasteiger partial charge in [0.2, 0.25) is 0 Å². The highest BCUT2D eigenvalue weighted by atomic mass is 16.5. The lowest BCUT2D eigenvalue weighted by molar-refractivity contribution is -0.151. The first kappa shape index (κ1) is 21.6. The van der Waals surface area contributed by atoms with Crippen molar-refractivity contribution in [1.82, 2.24) is 9.88 Å². The fraction of sp³-hybridized carbons (Fsp3) is 0.571. The van der Waals surface area contributed by atoms with Crippen LogP contribution in [0.15, 0.2) is 53.9 Å². The Morgan fingerprint density at radius 2 is 2.06 bits per heavy atom. The van der Waals surface area contributed by atoms with Gasteiger partial charge in [-0.3, -0.25) is 14.7 Å². The zero-order chi connectivity index (χ0) is 22.5. The summed E-state index contributed by atoms with van der Waals surface area (Å²) in [4.78, 5) is 18.4. The van der Waals surface area contributed by atoms with Crippen LogP contribution < -0.4 is 0 Å². The van der Waals surface area contributed by atoms with E-state index >= 15 is 0 Å². The zero-order valence-corrected chi connectivity index (χ0v) is 19.9. The molecule has 2 fully saturated rings. The van der Waals surface area contributed by atoms with E-state index in [2.05, 4.69) is 43.1 Å². The molecule has 1 heterocycles. The van der Waals surface area contributed by atoms with Gasteiger partial charge in [0, 0.05) is 24.2 Å². The lowest BCUT2D eigenvalue weighted by atomic mass is 9.49. The summed E-state index contributed by atoms with van der Waals surface area (Å²) in [6, 6.07) is 4.25. The maximum absolute atomic E-state index is 12.2. The molecule has 0 N–H and O–H groups in total. The van der Waals surface area contributed by atoms with E-state index in [1.807, 2.05) is 37.5 Å². The predicted octanol–water partition coefficient (Wildman–Crippen LogP) is 5.43. The van der Waals surface area contributed by atoms with Crippen LogP contribution in [0.5, 0.6) is 0 Å². The molecule has 4 aliphatic carbocycles. The number of esters is 1. The average Bonchev–Trinajstić information content (AvgIpc) is 3.11. The van der Waals surface area contributed by atoms with Gasteiger partial charge in [-0.2, -0.15) is 0 Å². The first-order chi connectivity index (χ1) is 15.3. The molecule has 32 heavy (non-hydrogen) atoms. The molecule has 5 rings (SSSR count). The van der Waals surface area contributed by atoms with Crippen molar-refractivity contribution in [2.24, 2.45) is 22.7 Å². The third-order valence-electron chi connectivity index (χ3n) is 8.82. The molecule has 4 aliphatic rings. The van der Waals surface area contributed by atoms with Crippen molar-refractivity contribution in [2.75, 3.05) is 20.6 Å². The summed E-state index contributed by atoms with van der Waals surface area (Å²) < 4.78 is 5.83. The van der Waals surface area contributed by atoms with Crippen molar-refractivity contribution in [3.8, 4) is 0 Å². The monoisotopic (exact) mass is 432 g/mol. The van der Waals surface area contributed by atoms with Crippen molar-refractivity contribution in [2.45, 2.75) is 58.5 Å². The van der Waals surface area contributed by atoms with E-state index in [-0.39, 0.29) is 22.9 Å². The number of hydrogen-bond acceptors (Lipinski definition) is 4. The number of ether oxygens (including phenoxy) is 1. The van der Waals surface area contributed by atoms with Crippen molar-refractivity contribution in [1.29, 1.82) is 0 Å². The number of fused-ring (bicyclic) bond motifs is 5. The number of likely N-dealkylation sites (N-methyl/N-ethyl adjacent to an activating group) is 1. The van der Waals surface area contributed by atoms with Gasteiger partial charge in [-0.25, -0.2) is 0 Å². The molecule has 170 valence electrons. The predicted molar refractivity (Wildman–Crippen MR) is 128 cm³/mol. The summed E-state index contributed by atoms with van der Waals surface area (Å²) in [6.07, 6.45) is 17.8. The second-order valence-electron chi connectivity index (χ2n) is 11.0. The lowest BCUT2D eigenvalue weighted by Gasteiger charge is -2.56. The molecular weight excluding hydrogens is 396 g/mol. The summed E-state index contributed by atoms with van der Waals surface area (Å²) in [5, 5.41) is 0. The van der Waals surface area contributed by atoms with Crippen LogP contribution in [0.4, 0.5) is 0 Å². The van der Waals surface area contributed by atoms with E-state index in [1.165, 1.54) is 29.6 Å². The van der Waals surface area contributed by atoms with Gasteiger partial charge in [0.1, 0.15) is 6.10 Å². The number of rotatable bonds is 4. The number of nitrogens with zero attached hydrogens (tertiary/aromatic N) is 2. The van der Waals surface area contributed by atoms with Gasteiger partial charge in [0.25, 0.3) is 0 Å². The molecule has 0 saturated heterocycles. The molecule has 5 atom stereocenters. The van der Waals surface area contributed by atoms with E-state index in [4.69, 9.17) is 4.74 Å². The topological polar surface area (TPSA) is 42.4 Å². The fourth-order valence-corrected chi connectivity index (χ4v) is 7.15. The van der Waals surface area contributed by atoms with Crippen molar-refractivity contribution in [3.05, 3.63) is 59.5 Å². The fourth-order valence-electron chi connectivity index (χ4n) is 7.15. The van der Waals surface area contributed by atoms with Gasteiger partial charge in [-0.15, -0.1) is 0 Å². The zero-order valence-electron chi connectivity index (χ0n) is 19.9. The van der Waals surface area contributed by atoms with Crippen LogP contribution in [-0.4, -0.2) is 42.6 Å². The van der Waals surface area contributed by atoms with Crippen molar-refractivity contribution in [3.63, 3.8) is 0 Å². The Hall–Kier alpha value is -2.20. The van der Waals surface area contributed by atoms with E-state index in [9.17, 15) is 4.79 Å². The quantitative estimate of drug-likeness (QED) is 0.470. The molecule has 5 unspecified atom stereocenters. The van der Waals surface area contributed by atoms with Gasteiger partial charge < -0.3 is 4.74 Å². The molecule has 0 amide bonds. The molecule has 0 aliphatic heterocycles. The Labute approximate surface area is 192 Å². The second kappa shape index (κ2) is 7.98. The van der Waals surface area contributed by atoms with E-state index < -0.39 is 0 Å². The molecule has 2 saturated carbocycles. The molecule has 0 radical (unpaired) electrons. The van der Waals surface area contributed by atoms with Gasteiger partial charge in [0.05, 0.1) is 6.54 Å². The summed E-state index contributed by atoms with van der Waals surface area (Å²) in [6.45, 7) is 5.29. The Balaban J connectivity index is 1.34. The van der Waals surface area contributed by atoms with Crippen LogP contribution in [0, 0.1) is 22.7 Å². The number of hydrogen-bond donors (Lipinski definition) is 0. The Morgan fingerprint density at radius 3 is 2.81 bits per heavy atom. The molecule has 0 bridgehead atoms. The average molecular weight is 433 g/mol. The van der Waals surface area contributed by atoms with Crippen LogP contribution in [0.3, 0.4) is 0 Å². The highest BCUT2D eigenvalue weighted by molar-refractivity contribution is 5.78. The first-order valence-corrected chi connectivity index (χ1v) is 12.2. The summed E-state index contributed by atoms with van der Waals surface area (Å²) in [5.41, 5.74) is 6.23. The van der Waals surface area contributed by atoms with Crippen LogP contribution in [0.25, 0.3) is 5.57 Å². The minimum atomic E-state index is -0.101. The number of carbonyl (C=O) groups excluding carboxylic acids is 1. The molecule has 1 aromatic heterocycles. The molecular formula is C28H36N2O2. The Morgan fingerprint density at radius 1 is 1.22 bits per heavy atom. The number of allylic oxidation sites excluding steroid dienone is 5. The highest BCUT2D eigenvalue weighted by Gasteiger charge is 2.54. The smallest absolute Gasteiger partial charge is 0.320 e. The third kappa shape index (κ3) is 3.48. The maximum Gasteiger partial charge on any atom is 0.320 e. The largest absolute Gasteiger partial charge is 0.461 e. The molecule has 0 spiro atoms. The maximum atomic E-state index is 12.2. The van der Waals surface area contributed by atoms with Crippen molar-refractivity contribution < 1.29 is 9.53 Å². The Bertz CT molecular complexity index is 992. The minimum Gasteiger partial charge on any atom is -0.461 e. The van der Waals surface area contributed by atoms with Crippen LogP contribution in [-0.2, 0) is 9.53 Å². The normalized spacial score (nSPS) is 35.8. The van der Waals surface area contributed by atoms with E-state index in [0.29, 0.717) is 18.4 Å². The van der Waals surface area contributed by atoms with E-state index in [0.717, 1.165) is 25.7 Å². The SMILES string of the molecule is CN(C)CC(=O)OC1CCC2(C)C(=CCC3C4=CC=C(c5cccnc5)C4(C)CCC32)C1. The van der Waals surface area contributed by atoms with Gasteiger partial charge in [0.15, 0.2) is 0 Å². The molecule has 4 heteroatoms. The molecule has 1 aromatic rings. The van der Waals surface area contributed by atoms with Gasteiger partial charge >= 0.3 is 5.97 Å².